The van der Waals surface area contributed by atoms with Gasteiger partial charge < -0.3 is 4.74 Å². The van der Waals surface area contributed by atoms with E-state index in [1.807, 2.05) is 37.3 Å². The zero-order valence-corrected chi connectivity index (χ0v) is 10.8. The molecule has 0 radical (unpaired) electrons. The Balaban J connectivity index is 2.24. The summed E-state index contributed by atoms with van der Waals surface area (Å²) in [5.74, 6) is 2.28. The Morgan fingerprint density at radius 3 is 2.53 bits per heavy atom. The second kappa shape index (κ2) is 5.24. The number of ether oxygens (including phenoxy) is 1. The normalized spacial score (nSPS) is 10.3. The highest BCUT2D eigenvalue weighted by molar-refractivity contribution is 6.17. The second-order valence-electron chi connectivity index (χ2n) is 4.15. The van der Waals surface area contributed by atoms with E-state index in [0.29, 0.717) is 5.88 Å². The van der Waals surface area contributed by atoms with Gasteiger partial charge in [-0.05, 0) is 48.7 Å². The van der Waals surface area contributed by atoms with Crippen LogP contribution < -0.4 is 4.74 Å². The molecule has 0 saturated carbocycles. The van der Waals surface area contributed by atoms with Gasteiger partial charge in [0.15, 0.2) is 0 Å². The van der Waals surface area contributed by atoms with E-state index in [-0.39, 0.29) is 0 Å². The molecule has 0 aromatic heterocycles. The third-order valence-corrected chi connectivity index (χ3v) is 2.92. The summed E-state index contributed by atoms with van der Waals surface area (Å²) in [4.78, 5) is 0. The fourth-order valence-electron chi connectivity index (χ4n) is 1.71. The molecule has 2 rings (SSSR count). The summed E-state index contributed by atoms with van der Waals surface area (Å²) in [6, 6.07) is 14.0. The van der Waals surface area contributed by atoms with Crippen molar-refractivity contribution in [2.24, 2.45) is 0 Å². The first-order valence-electron chi connectivity index (χ1n) is 5.59. The van der Waals surface area contributed by atoms with Crippen LogP contribution in [0.2, 0.25) is 0 Å². The monoisotopic (exact) mass is 246 g/mol. The van der Waals surface area contributed by atoms with E-state index >= 15 is 0 Å². The number of hydrogen-bond acceptors (Lipinski definition) is 1. The molecule has 0 fully saturated rings. The molecule has 0 amide bonds. The van der Waals surface area contributed by atoms with Crippen molar-refractivity contribution in [3.63, 3.8) is 0 Å². The lowest BCUT2D eigenvalue weighted by Crippen LogP contribution is -1.89. The number of benzene rings is 2. The molecule has 2 aromatic rings. The zero-order chi connectivity index (χ0) is 12.3. The molecule has 0 unspecified atom stereocenters. The van der Waals surface area contributed by atoms with Gasteiger partial charge in [0.1, 0.15) is 11.5 Å². The molecule has 0 aliphatic carbocycles. The largest absolute Gasteiger partial charge is 0.457 e. The highest BCUT2D eigenvalue weighted by Gasteiger charge is 2.02. The van der Waals surface area contributed by atoms with E-state index < -0.39 is 0 Å². The molecule has 2 aromatic carbocycles. The van der Waals surface area contributed by atoms with Gasteiger partial charge in [0.25, 0.3) is 0 Å². The molecule has 88 valence electrons. The van der Waals surface area contributed by atoms with E-state index in [4.69, 9.17) is 16.3 Å². The summed E-state index contributed by atoms with van der Waals surface area (Å²) in [6.45, 7) is 4.08. The lowest BCUT2D eigenvalue weighted by Gasteiger charge is -2.10. The summed E-state index contributed by atoms with van der Waals surface area (Å²) >= 11 is 5.79. The lowest BCUT2D eigenvalue weighted by atomic mass is 10.1. The van der Waals surface area contributed by atoms with Gasteiger partial charge in [-0.1, -0.05) is 24.3 Å². The standard InChI is InChI=1S/C15H15ClO/c1-11-4-3-5-14(8-11)17-15-7-6-13(10-16)9-12(15)2/h3-9H,10H2,1-2H3. The van der Waals surface area contributed by atoms with Crippen molar-refractivity contribution in [1.29, 1.82) is 0 Å². The van der Waals surface area contributed by atoms with Crippen molar-refractivity contribution < 1.29 is 4.74 Å². The van der Waals surface area contributed by atoms with E-state index in [0.717, 1.165) is 22.6 Å². The van der Waals surface area contributed by atoms with Crippen LogP contribution in [0.25, 0.3) is 0 Å². The van der Waals surface area contributed by atoms with Gasteiger partial charge in [0, 0.05) is 5.88 Å². The van der Waals surface area contributed by atoms with Gasteiger partial charge >= 0.3 is 0 Å². The number of rotatable bonds is 3. The smallest absolute Gasteiger partial charge is 0.130 e. The van der Waals surface area contributed by atoms with Gasteiger partial charge in [-0.15, -0.1) is 11.6 Å². The van der Waals surface area contributed by atoms with Crippen LogP contribution >= 0.6 is 11.6 Å². The van der Waals surface area contributed by atoms with Crippen LogP contribution in [0.4, 0.5) is 0 Å². The molecular formula is C15H15ClO. The third-order valence-electron chi connectivity index (χ3n) is 2.61. The lowest BCUT2D eigenvalue weighted by molar-refractivity contribution is 0.478. The summed E-state index contributed by atoms with van der Waals surface area (Å²) in [5.41, 5.74) is 3.41. The Bertz CT molecular complexity index is 520. The van der Waals surface area contributed by atoms with Crippen LogP contribution in [-0.4, -0.2) is 0 Å². The van der Waals surface area contributed by atoms with Crippen LogP contribution in [0, 0.1) is 13.8 Å². The SMILES string of the molecule is Cc1cccc(Oc2ccc(CCl)cc2C)c1. The minimum Gasteiger partial charge on any atom is -0.457 e. The predicted molar refractivity (Wildman–Crippen MR) is 72.0 cm³/mol. The van der Waals surface area contributed by atoms with E-state index in [1.54, 1.807) is 0 Å². The fraction of sp³-hybridized carbons (Fsp3) is 0.200. The topological polar surface area (TPSA) is 9.23 Å². The molecule has 0 aliphatic heterocycles. The maximum atomic E-state index is 5.85. The Kier molecular flexibility index (Phi) is 3.70. The summed E-state index contributed by atoms with van der Waals surface area (Å²) in [7, 11) is 0. The molecule has 2 heteroatoms. The summed E-state index contributed by atoms with van der Waals surface area (Å²) in [5, 5.41) is 0. The van der Waals surface area contributed by atoms with E-state index in [2.05, 4.69) is 19.1 Å². The van der Waals surface area contributed by atoms with Crippen molar-refractivity contribution in [3.05, 3.63) is 59.2 Å². The number of halogens is 1. The van der Waals surface area contributed by atoms with Gasteiger partial charge in [-0.2, -0.15) is 0 Å². The molecular weight excluding hydrogens is 232 g/mol. The molecule has 17 heavy (non-hydrogen) atoms. The summed E-state index contributed by atoms with van der Waals surface area (Å²) < 4.78 is 5.85. The third kappa shape index (κ3) is 3.01. The number of alkyl halides is 1. The molecule has 0 saturated heterocycles. The first-order valence-corrected chi connectivity index (χ1v) is 6.12. The van der Waals surface area contributed by atoms with Crippen LogP contribution in [-0.2, 0) is 5.88 Å². The Morgan fingerprint density at radius 1 is 1.06 bits per heavy atom. The second-order valence-corrected chi connectivity index (χ2v) is 4.42. The quantitative estimate of drug-likeness (QED) is 0.705. The maximum absolute atomic E-state index is 5.85. The van der Waals surface area contributed by atoms with Gasteiger partial charge in [-0.3, -0.25) is 0 Å². The first-order chi connectivity index (χ1) is 8.19. The van der Waals surface area contributed by atoms with Crippen molar-refractivity contribution in [1.82, 2.24) is 0 Å². The molecule has 0 N–H and O–H groups in total. The van der Waals surface area contributed by atoms with Crippen LogP contribution in [0.1, 0.15) is 16.7 Å². The van der Waals surface area contributed by atoms with E-state index in [9.17, 15) is 0 Å². The minimum absolute atomic E-state index is 0.533. The molecule has 0 bridgehead atoms. The van der Waals surface area contributed by atoms with Crippen LogP contribution in [0.15, 0.2) is 42.5 Å². The first kappa shape index (κ1) is 12.0. The average molecular weight is 247 g/mol. The fourth-order valence-corrected chi connectivity index (χ4v) is 1.88. The highest BCUT2D eigenvalue weighted by Crippen LogP contribution is 2.26. The van der Waals surface area contributed by atoms with Gasteiger partial charge in [0.2, 0.25) is 0 Å². The summed E-state index contributed by atoms with van der Waals surface area (Å²) in [6.07, 6.45) is 0. The maximum Gasteiger partial charge on any atom is 0.130 e. The minimum atomic E-state index is 0.533. The highest BCUT2D eigenvalue weighted by atomic mass is 35.5. The molecule has 0 atom stereocenters. The predicted octanol–water partition coefficient (Wildman–Crippen LogP) is 4.83. The Labute approximate surface area is 107 Å². The molecule has 1 nitrogen and oxygen atoms in total. The van der Waals surface area contributed by atoms with Crippen molar-refractivity contribution >= 4 is 11.6 Å². The molecule has 0 spiro atoms. The van der Waals surface area contributed by atoms with E-state index in [1.165, 1.54) is 5.56 Å². The van der Waals surface area contributed by atoms with Gasteiger partial charge in [-0.25, -0.2) is 0 Å². The van der Waals surface area contributed by atoms with Crippen LogP contribution in [0.5, 0.6) is 11.5 Å². The Morgan fingerprint density at radius 2 is 1.88 bits per heavy atom. The van der Waals surface area contributed by atoms with Crippen molar-refractivity contribution in [2.45, 2.75) is 19.7 Å². The molecule has 0 aliphatic rings. The number of hydrogen-bond donors (Lipinski definition) is 0. The average Bonchev–Trinajstić information content (AvgIpc) is 2.32. The van der Waals surface area contributed by atoms with Gasteiger partial charge in [0.05, 0.1) is 0 Å². The van der Waals surface area contributed by atoms with Crippen LogP contribution in [0.3, 0.4) is 0 Å². The van der Waals surface area contributed by atoms with Crippen molar-refractivity contribution in [3.8, 4) is 11.5 Å². The zero-order valence-electron chi connectivity index (χ0n) is 10.0. The number of aryl methyl sites for hydroxylation is 2. The molecule has 0 heterocycles. The van der Waals surface area contributed by atoms with Crippen molar-refractivity contribution in [2.75, 3.05) is 0 Å². The Hall–Kier alpha value is -1.47.